The molecule has 3 heteroatoms. The molecule has 0 bridgehead atoms. The minimum absolute atomic E-state index is 0.319. The van der Waals surface area contributed by atoms with Gasteiger partial charge in [-0.3, -0.25) is 4.98 Å². The number of hydrogen-bond donors (Lipinski definition) is 1. The van der Waals surface area contributed by atoms with Crippen LogP contribution in [0.5, 0.6) is 0 Å². The minimum atomic E-state index is -1.63. The smallest absolute Gasteiger partial charge is 0.133 e. The lowest BCUT2D eigenvalue weighted by Gasteiger charge is -2.49. The van der Waals surface area contributed by atoms with Gasteiger partial charge in [0.05, 0.1) is 5.69 Å². The van der Waals surface area contributed by atoms with E-state index in [4.69, 9.17) is 0 Å². The van der Waals surface area contributed by atoms with Crippen LogP contribution >= 0.6 is 0 Å². The molecule has 1 aromatic rings. The quantitative estimate of drug-likeness (QED) is 0.821. The molecule has 0 amide bonds. The molecule has 102 valence electrons. The fourth-order valence-electron chi connectivity index (χ4n) is 2.43. The summed E-state index contributed by atoms with van der Waals surface area (Å²) >= 11 is 0. The van der Waals surface area contributed by atoms with Crippen LogP contribution in [0.4, 0.5) is 0 Å². The molecule has 1 N–H and O–H groups in total. The van der Waals surface area contributed by atoms with Crippen LogP contribution in [0.1, 0.15) is 47.2 Å². The molecule has 0 spiro atoms. The lowest BCUT2D eigenvalue weighted by atomic mass is 10.2. The van der Waals surface area contributed by atoms with Crippen LogP contribution in [0.3, 0.4) is 0 Å². The number of aromatic nitrogens is 1. The highest BCUT2D eigenvalue weighted by molar-refractivity contribution is 6.81. The Bertz CT molecular complexity index is 360. The summed E-state index contributed by atoms with van der Waals surface area (Å²) in [5, 5.41) is 0.639. The molecule has 0 saturated heterocycles. The molecular weight excluding hydrogens is 236 g/mol. The van der Waals surface area contributed by atoms with Crippen molar-refractivity contribution < 1.29 is 0 Å². The summed E-state index contributed by atoms with van der Waals surface area (Å²) in [4.78, 5) is 8.27. The molecule has 2 nitrogen and oxygen atoms in total. The predicted molar refractivity (Wildman–Crippen MR) is 82.1 cm³/mol. The van der Waals surface area contributed by atoms with Gasteiger partial charge < -0.3 is 4.98 Å². The summed E-state index contributed by atoms with van der Waals surface area (Å²) in [6.45, 7) is 17.5. The number of nitrogens with zero attached hydrogens (tertiary/aromatic N) is 1. The average molecular weight is 264 g/mol. The highest BCUT2D eigenvalue weighted by Gasteiger charge is 2.48. The van der Waals surface area contributed by atoms with Crippen LogP contribution in [0.2, 0.25) is 16.6 Å². The van der Waals surface area contributed by atoms with Crippen molar-refractivity contribution in [1.29, 1.82) is 0 Å². The largest absolute Gasteiger partial charge is 0.331 e. The van der Waals surface area contributed by atoms with E-state index in [0.717, 1.165) is 12.2 Å². The van der Waals surface area contributed by atoms with Crippen LogP contribution in [0, 0.1) is 0 Å². The first-order valence-electron chi connectivity index (χ1n) is 6.73. The summed E-state index contributed by atoms with van der Waals surface area (Å²) in [6, 6.07) is 6.11. The SMILES string of the molecule is CC(C)(C)[Si](C)(NCc1ccccn1)C(C)(C)C. The Labute approximate surface area is 113 Å². The Morgan fingerprint density at radius 2 is 1.61 bits per heavy atom. The van der Waals surface area contributed by atoms with Gasteiger partial charge in [0.2, 0.25) is 0 Å². The first kappa shape index (κ1) is 15.4. The predicted octanol–water partition coefficient (Wildman–Crippen LogP) is 4.35. The fourth-order valence-corrected chi connectivity index (χ4v) is 6.27. The molecular formula is C15H28N2Si. The Kier molecular flexibility index (Phi) is 4.39. The molecule has 1 rings (SSSR count). The van der Waals surface area contributed by atoms with E-state index in [0.29, 0.717) is 10.1 Å². The Balaban J connectivity index is 2.89. The lowest BCUT2D eigenvalue weighted by molar-refractivity contribution is 0.580. The standard InChI is InChI=1S/C15H28N2Si/c1-14(2,3)18(7,15(4,5)6)17-12-13-10-8-9-11-16-13/h8-11,17H,12H2,1-7H3. The van der Waals surface area contributed by atoms with Crippen LogP contribution in [-0.2, 0) is 6.54 Å². The molecule has 0 aliphatic carbocycles. The van der Waals surface area contributed by atoms with E-state index in [1.807, 2.05) is 12.3 Å². The van der Waals surface area contributed by atoms with Crippen molar-refractivity contribution in [3.05, 3.63) is 30.1 Å². The second kappa shape index (κ2) is 5.14. The molecule has 0 saturated carbocycles. The molecule has 0 radical (unpaired) electrons. The van der Waals surface area contributed by atoms with Crippen molar-refractivity contribution in [2.45, 2.75) is 64.7 Å². The normalized spacial score (nSPS) is 13.7. The first-order valence-corrected chi connectivity index (χ1v) is 9.23. The summed E-state index contributed by atoms with van der Waals surface area (Å²) < 4.78 is 0. The molecule has 0 atom stereocenters. The van der Waals surface area contributed by atoms with Gasteiger partial charge in [0.1, 0.15) is 8.24 Å². The third kappa shape index (κ3) is 3.21. The maximum Gasteiger partial charge on any atom is 0.133 e. The Morgan fingerprint density at radius 1 is 1.06 bits per heavy atom. The highest BCUT2D eigenvalue weighted by atomic mass is 28.3. The van der Waals surface area contributed by atoms with Crippen molar-refractivity contribution in [3.8, 4) is 0 Å². The fraction of sp³-hybridized carbons (Fsp3) is 0.667. The van der Waals surface area contributed by atoms with Crippen LogP contribution < -0.4 is 4.98 Å². The van der Waals surface area contributed by atoms with Crippen molar-refractivity contribution in [2.24, 2.45) is 0 Å². The summed E-state index contributed by atoms with van der Waals surface area (Å²) in [7, 11) is -1.63. The van der Waals surface area contributed by atoms with Crippen molar-refractivity contribution in [2.75, 3.05) is 0 Å². The minimum Gasteiger partial charge on any atom is -0.331 e. The third-order valence-corrected chi connectivity index (χ3v) is 11.2. The molecule has 0 aliphatic heterocycles. The van der Waals surface area contributed by atoms with Crippen molar-refractivity contribution in [1.82, 2.24) is 9.97 Å². The number of hydrogen-bond acceptors (Lipinski definition) is 2. The van der Waals surface area contributed by atoms with Crippen LogP contribution in [0.25, 0.3) is 0 Å². The average Bonchev–Trinajstić information content (AvgIpc) is 2.24. The lowest BCUT2D eigenvalue weighted by Crippen LogP contribution is -2.60. The van der Waals surface area contributed by atoms with Gasteiger partial charge in [0.15, 0.2) is 0 Å². The van der Waals surface area contributed by atoms with Gasteiger partial charge in [-0.2, -0.15) is 0 Å². The highest BCUT2D eigenvalue weighted by Crippen LogP contribution is 2.49. The number of nitrogens with one attached hydrogen (secondary N) is 1. The second-order valence-corrected chi connectivity index (χ2v) is 12.9. The molecule has 18 heavy (non-hydrogen) atoms. The van der Waals surface area contributed by atoms with E-state index >= 15 is 0 Å². The monoisotopic (exact) mass is 264 g/mol. The zero-order chi connectivity index (χ0) is 14.0. The summed E-state index contributed by atoms with van der Waals surface area (Å²) in [5.74, 6) is 0. The zero-order valence-corrected chi connectivity index (χ0v) is 14.0. The van der Waals surface area contributed by atoms with Crippen LogP contribution in [0.15, 0.2) is 24.4 Å². The van der Waals surface area contributed by atoms with Gasteiger partial charge >= 0.3 is 0 Å². The van der Waals surface area contributed by atoms with E-state index < -0.39 is 8.24 Å². The van der Waals surface area contributed by atoms with Gasteiger partial charge in [-0.05, 0) is 22.2 Å². The molecule has 0 aliphatic rings. The van der Waals surface area contributed by atoms with Crippen molar-refractivity contribution >= 4 is 8.24 Å². The van der Waals surface area contributed by atoms with E-state index in [1.54, 1.807) is 0 Å². The van der Waals surface area contributed by atoms with Crippen LogP contribution in [-0.4, -0.2) is 13.2 Å². The second-order valence-electron chi connectivity index (χ2n) is 7.30. The Hall–Kier alpha value is -0.673. The van der Waals surface area contributed by atoms with Gasteiger partial charge in [-0.1, -0.05) is 54.2 Å². The van der Waals surface area contributed by atoms with Gasteiger partial charge in [-0.25, -0.2) is 0 Å². The molecule has 0 unspecified atom stereocenters. The zero-order valence-electron chi connectivity index (χ0n) is 13.0. The molecule has 0 fully saturated rings. The topological polar surface area (TPSA) is 24.9 Å². The van der Waals surface area contributed by atoms with E-state index in [1.165, 1.54) is 0 Å². The van der Waals surface area contributed by atoms with E-state index in [9.17, 15) is 0 Å². The van der Waals surface area contributed by atoms with E-state index in [-0.39, 0.29) is 0 Å². The molecule has 1 heterocycles. The van der Waals surface area contributed by atoms with E-state index in [2.05, 4.69) is 70.2 Å². The molecule has 1 aromatic heterocycles. The maximum atomic E-state index is 4.41. The van der Waals surface area contributed by atoms with Gasteiger partial charge in [0, 0.05) is 12.7 Å². The number of pyridine rings is 1. The Morgan fingerprint density at radius 3 is 2.00 bits per heavy atom. The summed E-state index contributed by atoms with van der Waals surface area (Å²) in [6.07, 6.45) is 1.87. The first-order chi connectivity index (χ1) is 8.08. The van der Waals surface area contributed by atoms with Gasteiger partial charge in [-0.15, -0.1) is 0 Å². The molecule has 0 aromatic carbocycles. The third-order valence-electron chi connectivity index (χ3n) is 4.35. The number of rotatable bonds is 3. The van der Waals surface area contributed by atoms with Crippen molar-refractivity contribution in [3.63, 3.8) is 0 Å². The van der Waals surface area contributed by atoms with Gasteiger partial charge in [0.25, 0.3) is 0 Å². The maximum absolute atomic E-state index is 4.41. The summed E-state index contributed by atoms with van der Waals surface area (Å²) in [5.41, 5.74) is 1.13.